The van der Waals surface area contributed by atoms with Gasteiger partial charge in [-0.25, -0.2) is 0 Å². The highest BCUT2D eigenvalue weighted by Gasteiger charge is 1.97. The molecule has 0 saturated carbocycles. The van der Waals surface area contributed by atoms with Gasteiger partial charge in [0.05, 0.1) is 0 Å². The topological polar surface area (TPSA) is 29.4 Å². The fourth-order valence-electron chi connectivity index (χ4n) is 0.550. The minimum Gasteiger partial charge on any atom is -0.150 e. The Balaban J connectivity index is 3.66. The van der Waals surface area contributed by atoms with Crippen LogP contribution in [0.4, 0.5) is 0 Å². The van der Waals surface area contributed by atoms with Crippen molar-refractivity contribution in [3.8, 4) is 0 Å². The molecule has 0 radical (unpaired) electrons. The van der Waals surface area contributed by atoms with Crippen LogP contribution in [-0.2, 0) is 0 Å². The average molecular weight is 125 g/mol. The zero-order chi connectivity index (χ0) is 7.11. The van der Waals surface area contributed by atoms with E-state index in [0.717, 1.165) is 0 Å². The Morgan fingerprint density at radius 3 is 2.78 bits per heavy atom. The van der Waals surface area contributed by atoms with Crippen molar-refractivity contribution in [2.75, 3.05) is 0 Å². The number of nitroso groups, excluding NO2 is 1. The molecule has 1 atom stereocenters. The van der Waals surface area contributed by atoms with E-state index < -0.39 is 0 Å². The highest BCUT2D eigenvalue weighted by atomic mass is 16.3. The summed E-state index contributed by atoms with van der Waals surface area (Å²) in [6.45, 7) is 5.36. The molecule has 2 nitrogen and oxygen atoms in total. The third-order valence-corrected chi connectivity index (χ3v) is 0.958. The Kier molecular flexibility index (Phi) is 4.69. The first-order valence-corrected chi connectivity index (χ1v) is 2.91. The molecule has 0 aromatic carbocycles. The van der Waals surface area contributed by atoms with E-state index in [1.165, 1.54) is 0 Å². The molecule has 0 spiro atoms. The number of hydrogen-bond donors (Lipinski definition) is 0. The predicted molar refractivity (Wildman–Crippen MR) is 39.2 cm³/mol. The minimum absolute atomic E-state index is 0.215. The van der Waals surface area contributed by atoms with Gasteiger partial charge in [-0.2, -0.15) is 4.91 Å². The Labute approximate surface area is 55.2 Å². The second-order valence-corrected chi connectivity index (χ2v) is 1.72. The molecule has 0 aliphatic heterocycles. The van der Waals surface area contributed by atoms with Crippen molar-refractivity contribution in [2.24, 2.45) is 5.18 Å². The third kappa shape index (κ3) is 3.64. The van der Waals surface area contributed by atoms with Gasteiger partial charge in [-0.1, -0.05) is 23.4 Å². The Morgan fingerprint density at radius 2 is 2.44 bits per heavy atom. The van der Waals surface area contributed by atoms with Gasteiger partial charge >= 0.3 is 0 Å². The third-order valence-electron chi connectivity index (χ3n) is 0.958. The molecule has 0 heterocycles. The average Bonchev–Trinajstić information content (AvgIpc) is 1.88. The molecule has 50 valence electrons. The first-order valence-electron chi connectivity index (χ1n) is 2.91. The maximum atomic E-state index is 9.94. The lowest BCUT2D eigenvalue weighted by molar-refractivity contribution is 0.828. The lowest BCUT2D eigenvalue weighted by atomic mass is 10.2. The largest absolute Gasteiger partial charge is 0.150 e. The number of nitrogens with zero attached hydrogens (tertiary/aromatic N) is 1. The van der Waals surface area contributed by atoms with E-state index in [2.05, 4.69) is 11.8 Å². The van der Waals surface area contributed by atoms with Crippen molar-refractivity contribution in [1.29, 1.82) is 0 Å². The van der Waals surface area contributed by atoms with Crippen LogP contribution >= 0.6 is 0 Å². The molecule has 0 bridgehead atoms. The summed E-state index contributed by atoms with van der Waals surface area (Å²) in [4.78, 5) is 9.94. The SMILES string of the molecule is C=CCC(/C=C\C)N=O. The first-order chi connectivity index (χ1) is 4.35. The van der Waals surface area contributed by atoms with Crippen molar-refractivity contribution < 1.29 is 0 Å². The van der Waals surface area contributed by atoms with E-state index in [4.69, 9.17) is 0 Å². The van der Waals surface area contributed by atoms with E-state index in [1.807, 2.05) is 13.0 Å². The van der Waals surface area contributed by atoms with Crippen molar-refractivity contribution >= 4 is 0 Å². The molecule has 0 fully saturated rings. The first kappa shape index (κ1) is 8.08. The summed E-state index contributed by atoms with van der Waals surface area (Å²) in [5.41, 5.74) is 0. The van der Waals surface area contributed by atoms with Crippen LogP contribution in [0.5, 0.6) is 0 Å². The minimum atomic E-state index is -0.215. The maximum absolute atomic E-state index is 9.94. The molecule has 0 saturated heterocycles. The summed E-state index contributed by atoms with van der Waals surface area (Å²) in [7, 11) is 0. The highest BCUT2D eigenvalue weighted by Crippen LogP contribution is 1.98. The van der Waals surface area contributed by atoms with Crippen LogP contribution in [0.3, 0.4) is 0 Å². The molecule has 1 unspecified atom stereocenters. The van der Waals surface area contributed by atoms with Crippen LogP contribution in [0, 0.1) is 4.91 Å². The van der Waals surface area contributed by atoms with Gasteiger partial charge in [0.1, 0.15) is 6.04 Å². The fraction of sp³-hybridized carbons (Fsp3) is 0.429. The van der Waals surface area contributed by atoms with E-state index in [9.17, 15) is 4.91 Å². The lowest BCUT2D eigenvalue weighted by Crippen LogP contribution is -1.94. The van der Waals surface area contributed by atoms with Crippen LogP contribution in [0.1, 0.15) is 13.3 Å². The van der Waals surface area contributed by atoms with E-state index in [1.54, 1.807) is 12.2 Å². The van der Waals surface area contributed by atoms with E-state index >= 15 is 0 Å². The van der Waals surface area contributed by atoms with E-state index in [0.29, 0.717) is 6.42 Å². The zero-order valence-corrected chi connectivity index (χ0v) is 5.58. The summed E-state index contributed by atoms with van der Waals surface area (Å²) in [6.07, 6.45) is 5.89. The molecular formula is C7H11NO. The maximum Gasteiger partial charge on any atom is 0.113 e. The van der Waals surface area contributed by atoms with Gasteiger partial charge in [0.15, 0.2) is 0 Å². The van der Waals surface area contributed by atoms with Gasteiger partial charge in [0.25, 0.3) is 0 Å². The zero-order valence-electron chi connectivity index (χ0n) is 5.58. The molecule has 9 heavy (non-hydrogen) atoms. The Hall–Kier alpha value is -0.920. The second kappa shape index (κ2) is 5.22. The van der Waals surface area contributed by atoms with Crippen LogP contribution in [0.25, 0.3) is 0 Å². The smallest absolute Gasteiger partial charge is 0.113 e. The predicted octanol–water partition coefficient (Wildman–Crippen LogP) is 2.27. The molecule has 0 N–H and O–H groups in total. The van der Waals surface area contributed by atoms with Gasteiger partial charge in [0, 0.05) is 0 Å². The summed E-state index contributed by atoms with van der Waals surface area (Å²) in [6, 6.07) is -0.215. The van der Waals surface area contributed by atoms with Crippen LogP contribution < -0.4 is 0 Å². The van der Waals surface area contributed by atoms with Crippen LogP contribution in [-0.4, -0.2) is 6.04 Å². The summed E-state index contributed by atoms with van der Waals surface area (Å²) >= 11 is 0. The molecular weight excluding hydrogens is 114 g/mol. The Morgan fingerprint density at radius 1 is 1.78 bits per heavy atom. The summed E-state index contributed by atoms with van der Waals surface area (Å²) < 4.78 is 0. The van der Waals surface area contributed by atoms with Gasteiger partial charge in [-0.05, 0) is 13.3 Å². The number of rotatable bonds is 4. The number of hydrogen-bond acceptors (Lipinski definition) is 2. The standard InChI is InChI=1S/C7H11NO/c1-3-5-7(8-9)6-4-2/h3-4,6-7H,1,5H2,2H3/b6-4-. The normalized spacial score (nSPS) is 13.4. The summed E-state index contributed by atoms with van der Waals surface area (Å²) in [5, 5.41) is 2.86. The van der Waals surface area contributed by atoms with Crippen molar-refractivity contribution in [1.82, 2.24) is 0 Å². The highest BCUT2D eigenvalue weighted by molar-refractivity contribution is 4.94. The fourth-order valence-corrected chi connectivity index (χ4v) is 0.550. The van der Waals surface area contributed by atoms with Gasteiger partial charge in [0.2, 0.25) is 0 Å². The van der Waals surface area contributed by atoms with Crippen LogP contribution in [0.2, 0.25) is 0 Å². The monoisotopic (exact) mass is 125 g/mol. The van der Waals surface area contributed by atoms with Gasteiger partial charge in [-0.3, -0.25) is 0 Å². The lowest BCUT2D eigenvalue weighted by Gasteiger charge is -1.94. The quantitative estimate of drug-likeness (QED) is 0.418. The Bertz CT molecular complexity index is 118. The van der Waals surface area contributed by atoms with Crippen LogP contribution in [0.15, 0.2) is 30.0 Å². The molecule has 2 heteroatoms. The number of allylic oxidation sites excluding steroid dienone is 1. The van der Waals surface area contributed by atoms with Crippen molar-refractivity contribution in [3.05, 3.63) is 29.7 Å². The molecule has 0 rings (SSSR count). The second-order valence-electron chi connectivity index (χ2n) is 1.72. The van der Waals surface area contributed by atoms with Crippen molar-refractivity contribution in [3.63, 3.8) is 0 Å². The van der Waals surface area contributed by atoms with Gasteiger partial charge in [-0.15, -0.1) is 6.58 Å². The van der Waals surface area contributed by atoms with Crippen molar-refractivity contribution in [2.45, 2.75) is 19.4 Å². The molecule has 0 aliphatic rings. The van der Waals surface area contributed by atoms with E-state index in [-0.39, 0.29) is 6.04 Å². The molecule has 0 amide bonds. The van der Waals surface area contributed by atoms with Gasteiger partial charge < -0.3 is 0 Å². The molecule has 0 aromatic rings. The molecule has 0 aromatic heterocycles. The summed E-state index contributed by atoms with van der Waals surface area (Å²) in [5.74, 6) is 0. The molecule has 0 aliphatic carbocycles.